The van der Waals surface area contributed by atoms with Gasteiger partial charge in [0.25, 0.3) is 10.2 Å². The Morgan fingerprint density at radius 3 is 2.68 bits per heavy atom. The molecule has 2 N–H and O–H groups in total. The Bertz CT molecular complexity index is 583. The quantitative estimate of drug-likeness (QED) is 0.780. The van der Waals surface area contributed by atoms with Crippen molar-refractivity contribution >= 4 is 16.2 Å². The van der Waals surface area contributed by atoms with E-state index < -0.39 is 22.2 Å². The van der Waals surface area contributed by atoms with Crippen LogP contribution in [0.1, 0.15) is 12.0 Å². The van der Waals surface area contributed by atoms with Gasteiger partial charge in [0, 0.05) is 19.7 Å². The highest BCUT2D eigenvalue weighted by molar-refractivity contribution is 7.87. The minimum absolute atomic E-state index is 0.0970. The van der Waals surface area contributed by atoms with E-state index in [2.05, 4.69) is 4.72 Å². The van der Waals surface area contributed by atoms with Gasteiger partial charge in [0.15, 0.2) is 0 Å². The molecule has 1 aromatic rings. The highest BCUT2D eigenvalue weighted by atomic mass is 32.2. The lowest BCUT2D eigenvalue weighted by Gasteiger charge is -2.22. The van der Waals surface area contributed by atoms with Crippen LogP contribution >= 0.6 is 0 Å². The van der Waals surface area contributed by atoms with Gasteiger partial charge in [0.05, 0.1) is 6.61 Å². The van der Waals surface area contributed by atoms with Crippen molar-refractivity contribution in [1.29, 1.82) is 0 Å². The van der Waals surface area contributed by atoms with Gasteiger partial charge in [-0.05, 0) is 18.4 Å². The summed E-state index contributed by atoms with van der Waals surface area (Å²) in [5.41, 5.74) is 0.761. The number of nitrogens with zero attached hydrogens (tertiary/aromatic N) is 1. The fourth-order valence-electron chi connectivity index (χ4n) is 2.25. The molecule has 22 heavy (non-hydrogen) atoms. The maximum Gasteiger partial charge on any atom is 0.322 e. The predicted molar refractivity (Wildman–Crippen MR) is 80.6 cm³/mol. The van der Waals surface area contributed by atoms with Crippen LogP contribution in [-0.4, -0.2) is 56.1 Å². The Morgan fingerprint density at radius 1 is 1.27 bits per heavy atom. The van der Waals surface area contributed by atoms with Crippen LogP contribution in [0.3, 0.4) is 0 Å². The highest BCUT2D eigenvalue weighted by Crippen LogP contribution is 2.08. The molecule has 1 fully saturated rings. The van der Waals surface area contributed by atoms with Crippen LogP contribution in [0.4, 0.5) is 0 Å². The van der Waals surface area contributed by atoms with E-state index in [4.69, 9.17) is 4.74 Å². The first-order valence-corrected chi connectivity index (χ1v) is 8.55. The van der Waals surface area contributed by atoms with Crippen molar-refractivity contribution in [3.63, 3.8) is 0 Å². The third-order valence-electron chi connectivity index (χ3n) is 3.39. The zero-order valence-electron chi connectivity index (χ0n) is 12.1. The molecule has 0 spiro atoms. The second-order valence-electron chi connectivity index (χ2n) is 5.07. The Morgan fingerprint density at radius 2 is 2.00 bits per heavy atom. The number of aliphatic carboxylic acids is 1. The average Bonchev–Trinajstić information content (AvgIpc) is 2.77. The van der Waals surface area contributed by atoms with E-state index in [9.17, 15) is 18.3 Å². The molecule has 0 saturated carbocycles. The topological polar surface area (TPSA) is 95.9 Å². The molecule has 1 aliphatic rings. The van der Waals surface area contributed by atoms with E-state index in [0.717, 1.165) is 5.56 Å². The molecule has 1 aliphatic heterocycles. The zero-order chi connectivity index (χ0) is 16.0. The minimum atomic E-state index is -3.85. The van der Waals surface area contributed by atoms with Crippen LogP contribution in [0.5, 0.6) is 0 Å². The van der Waals surface area contributed by atoms with Crippen molar-refractivity contribution in [2.24, 2.45) is 0 Å². The van der Waals surface area contributed by atoms with Gasteiger partial charge in [-0.1, -0.05) is 30.3 Å². The molecule has 0 bridgehead atoms. The smallest absolute Gasteiger partial charge is 0.322 e. The van der Waals surface area contributed by atoms with Crippen molar-refractivity contribution in [3.8, 4) is 0 Å². The number of rotatable bonds is 6. The number of carboxylic acid groups (broad SMARTS) is 1. The second kappa shape index (κ2) is 7.68. The van der Waals surface area contributed by atoms with E-state index in [1.54, 1.807) is 24.3 Å². The number of carbonyl (C=O) groups is 1. The van der Waals surface area contributed by atoms with Gasteiger partial charge in [-0.2, -0.15) is 17.4 Å². The Hall–Kier alpha value is -1.48. The van der Waals surface area contributed by atoms with Crippen molar-refractivity contribution in [2.45, 2.75) is 18.9 Å². The van der Waals surface area contributed by atoms with E-state index in [-0.39, 0.29) is 13.0 Å². The Kier molecular flexibility index (Phi) is 5.90. The summed E-state index contributed by atoms with van der Waals surface area (Å²) in [6.07, 6.45) is 0.692. The molecular formula is C14H20N2O5S. The average molecular weight is 328 g/mol. The van der Waals surface area contributed by atoms with Crippen LogP contribution < -0.4 is 4.72 Å². The fraction of sp³-hybridized carbons (Fsp3) is 0.500. The highest BCUT2D eigenvalue weighted by Gasteiger charge is 2.29. The lowest BCUT2D eigenvalue weighted by molar-refractivity contribution is -0.138. The lowest BCUT2D eigenvalue weighted by Crippen LogP contribution is -2.49. The van der Waals surface area contributed by atoms with E-state index in [0.29, 0.717) is 26.2 Å². The molecule has 1 atom stereocenters. The molecule has 122 valence electrons. The number of carboxylic acids is 1. The molecule has 2 rings (SSSR count). The van der Waals surface area contributed by atoms with Gasteiger partial charge < -0.3 is 9.84 Å². The van der Waals surface area contributed by atoms with Gasteiger partial charge in [0.2, 0.25) is 0 Å². The summed E-state index contributed by atoms with van der Waals surface area (Å²) >= 11 is 0. The van der Waals surface area contributed by atoms with Crippen molar-refractivity contribution < 1.29 is 23.1 Å². The van der Waals surface area contributed by atoms with Crippen LogP contribution in [0.25, 0.3) is 0 Å². The summed E-state index contributed by atoms with van der Waals surface area (Å²) in [7, 11) is -3.85. The number of benzene rings is 1. The standard InChI is InChI=1S/C14H20N2O5S/c17-14(18)13(11-12-5-2-1-3-6-12)15-22(19,20)16-7-4-9-21-10-8-16/h1-3,5-6,13,15H,4,7-11H2,(H,17,18)/t13-/m0/s1. The van der Waals surface area contributed by atoms with E-state index in [1.165, 1.54) is 4.31 Å². The van der Waals surface area contributed by atoms with Gasteiger partial charge in [-0.15, -0.1) is 0 Å². The predicted octanol–water partition coefficient (Wildman–Crippen LogP) is 0.239. The molecule has 8 heteroatoms. The molecule has 0 radical (unpaired) electrons. The molecule has 1 saturated heterocycles. The second-order valence-corrected chi connectivity index (χ2v) is 6.77. The van der Waals surface area contributed by atoms with Gasteiger partial charge in [-0.25, -0.2) is 0 Å². The normalized spacial score (nSPS) is 18.5. The largest absolute Gasteiger partial charge is 0.480 e. The van der Waals surface area contributed by atoms with Crippen LogP contribution in [0, 0.1) is 0 Å². The maximum absolute atomic E-state index is 12.3. The summed E-state index contributed by atoms with van der Waals surface area (Å²) in [5, 5.41) is 9.28. The van der Waals surface area contributed by atoms with Crippen molar-refractivity contribution in [3.05, 3.63) is 35.9 Å². The molecule has 7 nitrogen and oxygen atoms in total. The van der Waals surface area contributed by atoms with Crippen molar-refractivity contribution in [2.75, 3.05) is 26.3 Å². The van der Waals surface area contributed by atoms with Gasteiger partial charge >= 0.3 is 5.97 Å². The summed E-state index contributed by atoms with van der Waals surface area (Å²) in [4.78, 5) is 11.4. The Balaban J connectivity index is 2.07. The molecule has 0 unspecified atom stereocenters. The number of nitrogens with one attached hydrogen (secondary N) is 1. The summed E-state index contributed by atoms with van der Waals surface area (Å²) < 4.78 is 33.4. The van der Waals surface area contributed by atoms with Gasteiger partial charge in [-0.3, -0.25) is 4.79 Å². The maximum atomic E-state index is 12.3. The van der Waals surface area contributed by atoms with E-state index >= 15 is 0 Å². The van der Waals surface area contributed by atoms with Gasteiger partial charge in [0.1, 0.15) is 6.04 Å². The Labute approximate surface area is 130 Å². The number of hydrogen-bond donors (Lipinski definition) is 2. The molecule has 0 aromatic heterocycles. The first-order chi connectivity index (χ1) is 10.5. The number of ether oxygens (including phenoxy) is 1. The third-order valence-corrected chi connectivity index (χ3v) is 5.02. The molecule has 1 aromatic carbocycles. The lowest BCUT2D eigenvalue weighted by atomic mass is 10.1. The fourth-order valence-corrected chi connectivity index (χ4v) is 3.62. The summed E-state index contributed by atoms with van der Waals surface area (Å²) in [6, 6.07) is 7.73. The number of hydrogen-bond acceptors (Lipinski definition) is 4. The first-order valence-electron chi connectivity index (χ1n) is 7.11. The van der Waals surface area contributed by atoms with Crippen LogP contribution in [0.2, 0.25) is 0 Å². The van der Waals surface area contributed by atoms with Crippen LogP contribution in [0.15, 0.2) is 30.3 Å². The summed E-state index contributed by atoms with van der Waals surface area (Å²) in [6.45, 7) is 1.38. The molecule has 0 aliphatic carbocycles. The minimum Gasteiger partial charge on any atom is -0.480 e. The van der Waals surface area contributed by atoms with Crippen LogP contribution in [-0.2, 0) is 26.2 Å². The SMILES string of the molecule is O=C(O)[C@H](Cc1ccccc1)NS(=O)(=O)N1CCCOCC1. The molecule has 1 heterocycles. The summed E-state index contributed by atoms with van der Waals surface area (Å²) in [5.74, 6) is -1.20. The van der Waals surface area contributed by atoms with Crippen molar-refractivity contribution in [1.82, 2.24) is 9.03 Å². The molecule has 0 amide bonds. The first kappa shape index (κ1) is 16.9. The monoisotopic (exact) mass is 328 g/mol. The zero-order valence-corrected chi connectivity index (χ0v) is 13.0. The third kappa shape index (κ3) is 4.77. The molecular weight excluding hydrogens is 308 g/mol. The van der Waals surface area contributed by atoms with E-state index in [1.807, 2.05) is 6.07 Å².